The SMILES string of the molecule is CCNc1cnc(C(=O)NCC2(CC)CCCC2)cn1. The Morgan fingerprint density at radius 2 is 2.00 bits per heavy atom. The second kappa shape index (κ2) is 6.68. The van der Waals surface area contributed by atoms with Crippen molar-refractivity contribution in [3.05, 3.63) is 18.1 Å². The van der Waals surface area contributed by atoms with Crippen molar-refractivity contribution >= 4 is 11.7 Å². The summed E-state index contributed by atoms with van der Waals surface area (Å²) < 4.78 is 0. The van der Waals surface area contributed by atoms with E-state index in [1.807, 2.05) is 6.92 Å². The normalized spacial score (nSPS) is 16.9. The van der Waals surface area contributed by atoms with Crippen LogP contribution in [0.25, 0.3) is 0 Å². The van der Waals surface area contributed by atoms with Gasteiger partial charge in [-0.15, -0.1) is 0 Å². The van der Waals surface area contributed by atoms with E-state index < -0.39 is 0 Å². The third-order valence-corrected chi connectivity index (χ3v) is 4.28. The highest BCUT2D eigenvalue weighted by molar-refractivity contribution is 5.92. The molecule has 2 N–H and O–H groups in total. The highest BCUT2D eigenvalue weighted by Gasteiger charge is 2.32. The minimum absolute atomic E-state index is 0.125. The van der Waals surface area contributed by atoms with Crippen LogP contribution in [0.1, 0.15) is 56.4 Å². The van der Waals surface area contributed by atoms with Gasteiger partial charge < -0.3 is 10.6 Å². The molecular formula is C15H24N4O. The quantitative estimate of drug-likeness (QED) is 0.838. The molecule has 5 nitrogen and oxygen atoms in total. The molecule has 1 fully saturated rings. The summed E-state index contributed by atoms with van der Waals surface area (Å²) in [7, 11) is 0. The molecule has 0 aliphatic heterocycles. The first-order valence-corrected chi connectivity index (χ1v) is 7.53. The number of hydrogen-bond acceptors (Lipinski definition) is 4. The molecule has 1 aliphatic carbocycles. The maximum atomic E-state index is 12.1. The van der Waals surface area contributed by atoms with E-state index in [9.17, 15) is 4.79 Å². The zero-order valence-corrected chi connectivity index (χ0v) is 12.4. The first-order chi connectivity index (χ1) is 9.69. The number of nitrogens with zero attached hydrogens (tertiary/aromatic N) is 2. The van der Waals surface area contributed by atoms with Crippen LogP contribution in [-0.4, -0.2) is 29.0 Å². The maximum Gasteiger partial charge on any atom is 0.271 e. The summed E-state index contributed by atoms with van der Waals surface area (Å²) in [6.07, 6.45) is 9.24. The Bertz CT molecular complexity index is 438. The zero-order valence-electron chi connectivity index (χ0n) is 12.4. The molecule has 0 atom stereocenters. The highest BCUT2D eigenvalue weighted by atomic mass is 16.1. The lowest BCUT2D eigenvalue weighted by Gasteiger charge is -2.27. The van der Waals surface area contributed by atoms with Crippen molar-refractivity contribution in [2.24, 2.45) is 5.41 Å². The maximum absolute atomic E-state index is 12.1. The number of aromatic nitrogens is 2. The molecule has 110 valence electrons. The highest BCUT2D eigenvalue weighted by Crippen LogP contribution is 2.40. The third kappa shape index (κ3) is 3.46. The number of carbonyl (C=O) groups is 1. The van der Waals surface area contributed by atoms with Crippen molar-refractivity contribution in [1.29, 1.82) is 0 Å². The van der Waals surface area contributed by atoms with Crippen molar-refractivity contribution in [2.75, 3.05) is 18.4 Å². The smallest absolute Gasteiger partial charge is 0.271 e. The van der Waals surface area contributed by atoms with E-state index in [0.717, 1.165) is 19.5 Å². The number of nitrogens with one attached hydrogen (secondary N) is 2. The van der Waals surface area contributed by atoms with Crippen LogP contribution in [0, 0.1) is 5.41 Å². The summed E-state index contributed by atoms with van der Waals surface area (Å²) >= 11 is 0. The Labute approximate surface area is 120 Å². The summed E-state index contributed by atoms with van der Waals surface area (Å²) in [5, 5.41) is 6.08. The Kier molecular flexibility index (Phi) is 4.93. The Hall–Kier alpha value is -1.65. The van der Waals surface area contributed by atoms with E-state index in [2.05, 4.69) is 27.5 Å². The van der Waals surface area contributed by atoms with Crippen molar-refractivity contribution in [3.8, 4) is 0 Å². The van der Waals surface area contributed by atoms with Crippen LogP contribution in [0.15, 0.2) is 12.4 Å². The zero-order chi connectivity index (χ0) is 14.4. The number of amides is 1. The molecule has 5 heteroatoms. The molecule has 1 aromatic heterocycles. The van der Waals surface area contributed by atoms with Gasteiger partial charge in [0, 0.05) is 13.1 Å². The van der Waals surface area contributed by atoms with Crippen LogP contribution < -0.4 is 10.6 Å². The van der Waals surface area contributed by atoms with Gasteiger partial charge in [0.05, 0.1) is 12.4 Å². The van der Waals surface area contributed by atoms with Crippen LogP contribution >= 0.6 is 0 Å². The Morgan fingerprint density at radius 3 is 2.55 bits per heavy atom. The number of carbonyl (C=O) groups excluding carboxylic acids is 1. The van der Waals surface area contributed by atoms with Gasteiger partial charge in [0.1, 0.15) is 11.5 Å². The average Bonchev–Trinajstić information content (AvgIpc) is 2.95. The fraction of sp³-hybridized carbons (Fsp3) is 0.667. The van der Waals surface area contributed by atoms with Crippen LogP contribution in [0.2, 0.25) is 0 Å². The molecule has 1 aromatic rings. The predicted molar refractivity (Wildman–Crippen MR) is 79.7 cm³/mol. The summed E-state index contributed by atoms with van der Waals surface area (Å²) in [5.41, 5.74) is 0.684. The van der Waals surface area contributed by atoms with E-state index in [1.54, 1.807) is 6.20 Å². The molecular weight excluding hydrogens is 252 g/mol. The number of anilines is 1. The molecule has 1 heterocycles. The summed E-state index contributed by atoms with van der Waals surface area (Å²) in [6, 6.07) is 0. The molecule has 0 bridgehead atoms. The van der Waals surface area contributed by atoms with Gasteiger partial charge >= 0.3 is 0 Å². The van der Waals surface area contributed by atoms with Crippen LogP contribution in [0.5, 0.6) is 0 Å². The van der Waals surface area contributed by atoms with Gasteiger partial charge in [-0.25, -0.2) is 9.97 Å². The molecule has 1 aliphatic rings. The van der Waals surface area contributed by atoms with Gasteiger partial charge in [0.2, 0.25) is 0 Å². The second-order valence-electron chi connectivity index (χ2n) is 5.56. The lowest BCUT2D eigenvalue weighted by molar-refractivity contribution is 0.0923. The van der Waals surface area contributed by atoms with E-state index in [1.165, 1.54) is 31.9 Å². The Balaban J connectivity index is 1.91. The largest absolute Gasteiger partial charge is 0.369 e. The van der Waals surface area contributed by atoms with E-state index in [4.69, 9.17) is 0 Å². The van der Waals surface area contributed by atoms with E-state index >= 15 is 0 Å². The van der Waals surface area contributed by atoms with Gasteiger partial charge in [0.25, 0.3) is 5.91 Å². The van der Waals surface area contributed by atoms with Crippen LogP contribution in [-0.2, 0) is 0 Å². The van der Waals surface area contributed by atoms with Gasteiger partial charge in [-0.05, 0) is 31.6 Å². The molecule has 0 aromatic carbocycles. The minimum atomic E-state index is -0.125. The van der Waals surface area contributed by atoms with Gasteiger partial charge in [-0.1, -0.05) is 19.8 Å². The van der Waals surface area contributed by atoms with Gasteiger partial charge in [-0.3, -0.25) is 4.79 Å². The Morgan fingerprint density at radius 1 is 1.25 bits per heavy atom. The molecule has 2 rings (SSSR count). The third-order valence-electron chi connectivity index (χ3n) is 4.28. The van der Waals surface area contributed by atoms with E-state index in [-0.39, 0.29) is 5.91 Å². The van der Waals surface area contributed by atoms with Crippen molar-refractivity contribution in [1.82, 2.24) is 15.3 Å². The number of hydrogen-bond donors (Lipinski definition) is 2. The second-order valence-corrected chi connectivity index (χ2v) is 5.56. The fourth-order valence-electron chi connectivity index (χ4n) is 2.86. The molecule has 0 spiro atoms. The summed E-state index contributed by atoms with van der Waals surface area (Å²) in [5.74, 6) is 0.574. The monoisotopic (exact) mass is 276 g/mol. The fourth-order valence-corrected chi connectivity index (χ4v) is 2.86. The molecule has 20 heavy (non-hydrogen) atoms. The van der Waals surface area contributed by atoms with Gasteiger partial charge in [0.15, 0.2) is 0 Å². The summed E-state index contributed by atoms with van der Waals surface area (Å²) in [6.45, 7) is 5.74. The molecule has 0 saturated heterocycles. The molecule has 0 radical (unpaired) electrons. The topological polar surface area (TPSA) is 66.9 Å². The van der Waals surface area contributed by atoms with Crippen molar-refractivity contribution in [3.63, 3.8) is 0 Å². The molecule has 1 saturated carbocycles. The van der Waals surface area contributed by atoms with E-state index in [0.29, 0.717) is 16.9 Å². The predicted octanol–water partition coefficient (Wildman–Crippen LogP) is 2.61. The van der Waals surface area contributed by atoms with Crippen LogP contribution in [0.4, 0.5) is 5.82 Å². The van der Waals surface area contributed by atoms with Crippen molar-refractivity contribution < 1.29 is 4.79 Å². The van der Waals surface area contributed by atoms with Crippen molar-refractivity contribution in [2.45, 2.75) is 46.0 Å². The average molecular weight is 276 g/mol. The first kappa shape index (κ1) is 14.8. The van der Waals surface area contributed by atoms with Gasteiger partial charge in [-0.2, -0.15) is 0 Å². The lowest BCUT2D eigenvalue weighted by atomic mass is 9.83. The minimum Gasteiger partial charge on any atom is -0.369 e. The molecule has 0 unspecified atom stereocenters. The number of rotatable bonds is 6. The standard InChI is InChI=1S/C15H24N4O/c1-3-15(7-5-6-8-15)11-19-14(20)12-9-18-13(10-17-12)16-4-2/h9-10H,3-8,11H2,1-2H3,(H,16,18)(H,19,20). The molecule has 1 amide bonds. The summed E-state index contributed by atoms with van der Waals surface area (Å²) in [4.78, 5) is 20.4. The first-order valence-electron chi connectivity index (χ1n) is 7.53. The lowest BCUT2D eigenvalue weighted by Crippen LogP contribution is -2.36. The van der Waals surface area contributed by atoms with Crippen LogP contribution in [0.3, 0.4) is 0 Å².